The first-order chi connectivity index (χ1) is 21.5. The monoisotopic (exact) mass is 613 g/mol. The second-order valence-electron chi connectivity index (χ2n) is 10.3. The number of aromatic nitrogens is 2. The molecule has 3 aromatic carbocycles. The highest BCUT2D eigenvalue weighted by Crippen LogP contribution is 2.34. The molecule has 0 unspecified atom stereocenters. The normalized spacial score (nSPS) is 12.8. The Morgan fingerprint density at radius 3 is 2.34 bits per heavy atom. The van der Waals surface area contributed by atoms with Crippen LogP contribution in [-0.4, -0.2) is 69.4 Å². The van der Waals surface area contributed by atoms with Crippen LogP contribution in [0.3, 0.4) is 0 Å². The van der Waals surface area contributed by atoms with Crippen LogP contribution in [0.2, 0.25) is 0 Å². The molecule has 0 saturated carbocycles. The second kappa shape index (κ2) is 15.3. The Kier molecular flexibility index (Phi) is 10.8. The van der Waals surface area contributed by atoms with E-state index in [2.05, 4.69) is 74.0 Å². The molecule has 0 atom stereocenters. The first kappa shape index (κ1) is 31.0. The molecule has 0 bridgehead atoms. The SMILES string of the molecule is CCN(C)c1ccc(Nc2ncc(OC)c(Sc3ccc(NC(=O)CCNc4ccc(N5CCOCC5)cc4)cc3)n2)cc1. The fraction of sp³-hybridized carbons (Fsp3) is 0.303. The summed E-state index contributed by atoms with van der Waals surface area (Å²) >= 11 is 1.47. The summed E-state index contributed by atoms with van der Waals surface area (Å²) in [6.45, 7) is 6.94. The molecule has 0 aliphatic carbocycles. The third kappa shape index (κ3) is 8.55. The van der Waals surface area contributed by atoms with E-state index in [0.717, 1.165) is 60.5 Å². The molecule has 1 amide bonds. The lowest BCUT2D eigenvalue weighted by atomic mass is 10.2. The van der Waals surface area contributed by atoms with Crippen molar-refractivity contribution in [3.05, 3.63) is 79.0 Å². The Hall–Kier alpha value is -4.48. The number of hydrogen-bond acceptors (Lipinski definition) is 10. The van der Waals surface area contributed by atoms with Gasteiger partial charge in [0.1, 0.15) is 5.03 Å². The Morgan fingerprint density at radius 1 is 0.977 bits per heavy atom. The maximum atomic E-state index is 12.6. The predicted molar refractivity (Wildman–Crippen MR) is 179 cm³/mol. The highest BCUT2D eigenvalue weighted by molar-refractivity contribution is 7.99. The standard InChI is InChI=1S/C33H39N7O3S/c1-4-39(2)27-11-7-26(8-12-27)37-33-35-23-30(42-3)32(38-33)44-29-15-9-25(10-16-29)36-31(41)17-18-34-24-5-13-28(14-6-24)40-19-21-43-22-20-40/h5-16,23,34H,4,17-22H2,1-3H3,(H,36,41)(H,35,37,38). The Labute approximate surface area is 263 Å². The van der Waals surface area contributed by atoms with Gasteiger partial charge in [-0.3, -0.25) is 4.79 Å². The van der Waals surface area contributed by atoms with E-state index >= 15 is 0 Å². The minimum absolute atomic E-state index is 0.0506. The number of anilines is 6. The predicted octanol–water partition coefficient (Wildman–Crippen LogP) is 6.11. The number of ether oxygens (including phenoxy) is 2. The summed E-state index contributed by atoms with van der Waals surface area (Å²) in [7, 11) is 3.66. The van der Waals surface area contributed by atoms with Gasteiger partial charge in [0, 0.05) is 73.0 Å². The van der Waals surface area contributed by atoms with Crippen molar-refractivity contribution in [1.82, 2.24) is 9.97 Å². The molecule has 2 heterocycles. The zero-order valence-electron chi connectivity index (χ0n) is 25.4. The summed E-state index contributed by atoms with van der Waals surface area (Å²) in [6, 6.07) is 24.1. The van der Waals surface area contributed by atoms with Crippen LogP contribution in [0.4, 0.5) is 34.4 Å². The van der Waals surface area contributed by atoms with E-state index in [0.29, 0.717) is 29.7 Å². The smallest absolute Gasteiger partial charge is 0.228 e. The van der Waals surface area contributed by atoms with Crippen molar-refractivity contribution in [2.75, 3.05) is 79.3 Å². The fourth-order valence-corrected chi connectivity index (χ4v) is 5.48. The van der Waals surface area contributed by atoms with Crippen LogP contribution in [0.15, 0.2) is 88.9 Å². The van der Waals surface area contributed by atoms with Crippen molar-refractivity contribution in [2.45, 2.75) is 23.3 Å². The zero-order chi connectivity index (χ0) is 30.7. The molecule has 1 fully saturated rings. The molecule has 1 saturated heterocycles. The van der Waals surface area contributed by atoms with Crippen LogP contribution in [0.5, 0.6) is 5.75 Å². The summed E-state index contributed by atoms with van der Waals surface area (Å²) in [5.41, 5.74) is 4.97. The minimum Gasteiger partial charge on any atom is -0.492 e. The quantitative estimate of drug-likeness (QED) is 0.153. The first-order valence-corrected chi connectivity index (χ1v) is 15.6. The molecular formula is C33H39N7O3S. The highest BCUT2D eigenvalue weighted by atomic mass is 32.2. The molecular weight excluding hydrogens is 574 g/mol. The molecule has 4 aromatic rings. The summed E-state index contributed by atoms with van der Waals surface area (Å²) in [5.74, 6) is 1.02. The molecule has 44 heavy (non-hydrogen) atoms. The molecule has 3 N–H and O–H groups in total. The van der Waals surface area contributed by atoms with E-state index in [-0.39, 0.29) is 5.91 Å². The van der Waals surface area contributed by atoms with Crippen molar-refractivity contribution in [3.8, 4) is 5.75 Å². The fourth-order valence-electron chi connectivity index (χ4n) is 4.61. The van der Waals surface area contributed by atoms with Gasteiger partial charge in [0.15, 0.2) is 5.75 Å². The number of rotatable bonds is 13. The van der Waals surface area contributed by atoms with Gasteiger partial charge >= 0.3 is 0 Å². The van der Waals surface area contributed by atoms with E-state index in [9.17, 15) is 4.79 Å². The van der Waals surface area contributed by atoms with Crippen molar-refractivity contribution in [3.63, 3.8) is 0 Å². The molecule has 1 aliphatic rings. The Morgan fingerprint density at radius 2 is 1.66 bits per heavy atom. The number of carbonyl (C=O) groups is 1. The van der Waals surface area contributed by atoms with Crippen LogP contribution in [0.1, 0.15) is 13.3 Å². The lowest BCUT2D eigenvalue weighted by Gasteiger charge is -2.28. The molecule has 1 aromatic heterocycles. The largest absolute Gasteiger partial charge is 0.492 e. The van der Waals surface area contributed by atoms with Crippen LogP contribution in [0.25, 0.3) is 0 Å². The number of amides is 1. The van der Waals surface area contributed by atoms with Crippen molar-refractivity contribution in [1.29, 1.82) is 0 Å². The van der Waals surface area contributed by atoms with Gasteiger partial charge < -0.3 is 35.2 Å². The highest BCUT2D eigenvalue weighted by Gasteiger charge is 2.12. The molecule has 10 nitrogen and oxygen atoms in total. The summed E-state index contributed by atoms with van der Waals surface area (Å²) < 4.78 is 10.9. The van der Waals surface area contributed by atoms with Crippen LogP contribution in [0, 0.1) is 0 Å². The zero-order valence-corrected chi connectivity index (χ0v) is 26.2. The van der Waals surface area contributed by atoms with E-state index < -0.39 is 0 Å². The molecule has 230 valence electrons. The summed E-state index contributed by atoms with van der Waals surface area (Å²) in [6.07, 6.45) is 2.02. The van der Waals surface area contributed by atoms with Gasteiger partial charge in [0.25, 0.3) is 0 Å². The second-order valence-corrected chi connectivity index (χ2v) is 11.3. The molecule has 0 radical (unpaired) electrons. The number of carbonyl (C=O) groups excluding carboxylic acids is 1. The molecule has 1 aliphatic heterocycles. The number of nitrogens with one attached hydrogen (secondary N) is 3. The Balaban J connectivity index is 1.10. The molecule has 0 spiro atoms. The Bertz CT molecular complexity index is 1500. The van der Waals surface area contributed by atoms with E-state index in [1.165, 1.54) is 17.4 Å². The lowest BCUT2D eigenvalue weighted by Crippen LogP contribution is -2.36. The van der Waals surface area contributed by atoms with Gasteiger partial charge in [-0.1, -0.05) is 11.8 Å². The van der Waals surface area contributed by atoms with Gasteiger partial charge in [-0.25, -0.2) is 9.97 Å². The van der Waals surface area contributed by atoms with Crippen molar-refractivity contribution in [2.24, 2.45) is 0 Å². The number of hydrogen-bond donors (Lipinski definition) is 3. The number of methoxy groups -OCH3 is 1. The van der Waals surface area contributed by atoms with Crippen molar-refractivity contribution >= 4 is 52.1 Å². The lowest BCUT2D eigenvalue weighted by molar-refractivity contribution is -0.115. The number of nitrogens with zero attached hydrogens (tertiary/aromatic N) is 4. The van der Waals surface area contributed by atoms with Gasteiger partial charge in [0.05, 0.1) is 26.5 Å². The summed E-state index contributed by atoms with van der Waals surface area (Å²) in [4.78, 5) is 27.1. The average molecular weight is 614 g/mol. The number of benzene rings is 3. The van der Waals surface area contributed by atoms with Gasteiger partial charge in [-0.2, -0.15) is 0 Å². The maximum Gasteiger partial charge on any atom is 0.228 e. The van der Waals surface area contributed by atoms with E-state index in [1.807, 2.05) is 48.5 Å². The molecule has 5 rings (SSSR count). The van der Waals surface area contributed by atoms with Crippen LogP contribution >= 0.6 is 11.8 Å². The third-order valence-corrected chi connectivity index (χ3v) is 8.25. The van der Waals surface area contributed by atoms with E-state index in [1.54, 1.807) is 13.3 Å². The van der Waals surface area contributed by atoms with E-state index in [4.69, 9.17) is 9.47 Å². The maximum absolute atomic E-state index is 12.6. The van der Waals surface area contributed by atoms with Crippen LogP contribution < -0.4 is 30.5 Å². The van der Waals surface area contributed by atoms with Crippen LogP contribution in [-0.2, 0) is 9.53 Å². The average Bonchev–Trinajstić information content (AvgIpc) is 3.06. The topological polar surface area (TPSA) is 104 Å². The van der Waals surface area contributed by atoms with Gasteiger partial charge in [-0.15, -0.1) is 0 Å². The van der Waals surface area contributed by atoms with Crippen molar-refractivity contribution < 1.29 is 14.3 Å². The van der Waals surface area contributed by atoms with Gasteiger partial charge in [-0.05, 0) is 79.7 Å². The minimum atomic E-state index is -0.0506. The molecule has 11 heteroatoms. The summed E-state index contributed by atoms with van der Waals surface area (Å²) in [5, 5.41) is 10.3. The number of morpholine rings is 1. The third-order valence-electron chi connectivity index (χ3n) is 7.26. The van der Waals surface area contributed by atoms with Gasteiger partial charge in [0.2, 0.25) is 11.9 Å². The first-order valence-electron chi connectivity index (χ1n) is 14.7.